The number of carbonyl (C=O) groups excluding carboxylic acids is 1. The number of carboxylic acid groups (broad SMARTS) is 1. The lowest BCUT2D eigenvalue weighted by Crippen LogP contribution is -2.52. The monoisotopic (exact) mass is 529 g/mol. The zero-order chi connectivity index (χ0) is 28.0. The second-order valence-electron chi connectivity index (χ2n) is 10.5. The molecule has 0 fully saturated rings. The van der Waals surface area contributed by atoms with E-state index in [2.05, 4.69) is 36.4 Å². The van der Waals surface area contributed by atoms with Gasteiger partial charge in [-0.05, 0) is 46.2 Å². The summed E-state index contributed by atoms with van der Waals surface area (Å²) in [6.45, 7) is 8.82. The van der Waals surface area contributed by atoms with Crippen molar-refractivity contribution in [1.82, 2.24) is 10.6 Å². The van der Waals surface area contributed by atoms with E-state index in [0.29, 0.717) is 6.54 Å². The smallest absolute Gasteiger partial charge is 0.407 e. The van der Waals surface area contributed by atoms with Crippen molar-refractivity contribution in [3.63, 3.8) is 0 Å². The quantitative estimate of drug-likeness (QED) is 0.0865. The molecule has 1 amide bonds. The molecular weight excluding hydrogens is 482 g/mol. The summed E-state index contributed by atoms with van der Waals surface area (Å²) in [5.41, 5.74) is 11.1. The largest absolute Gasteiger partial charge is 0.479 e. The Morgan fingerprint density at radius 1 is 1.11 bits per heavy atom. The zero-order valence-electron chi connectivity index (χ0n) is 22.6. The molecule has 214 valence electrons. The maximum Gasteiger partial charge on any atom is 0.407 e. The molecule has 1 heterocycles. The first-order valence-electron chi connectivity index (χ1n) is 13.0. The van der Waals surface area contributed by atoms with Crippen molar-refractivity contribution in [3.8, 4) is 0 Å². The number of ether oxygens (including phenoxy) is 2. The number of nitrogens with zero attached hydrogens (tertiary/aromatic N) is 1. The van der Waals surface area contributed by atoms with Gasteiger partial charge in [0.25, 0.3) is 0 Å². The predicted molar refractivity (Wildman–Crippen MR) is 141 cm³/mol. The van der Waals surface area contributed by atoms with Crippen LogP contribution in [0.3, 0.4) is 0 Å². The number of hydrogen-bond donors (Lipinski definition) is 7. The number of aliphatic carboxylic acids is 1. The van der Waals surface area contributed by atoms with Gasteiger partial charge in [-0.15, -0.1) is 0 Å². The fraction of sp³-hybridized carbons (Fsp3) is 0.800. The lowest BCUT2D eigenvalue weighted by atomic mass is 9.87. The Bertz CT molecular complexity index is 765. The molecule has 0 aromatic carbocycles. The van der Waals surface area contributed by atoms with E-state index in [-0.39, 0.29) is 11.5 Å². The minimum Gasteiger partial charge on any atom is -0.479 e. The molecule has 12 heteroatoms. The third-order valence-electron chi connectivity index (χ3n) is 6.06. The Balaban J connectivity index is 2.49. The number of nitrogens with two attached hydrogens (primary N) is 2. The van der Waals surface area contributed by atoms with Gasteiger partial charge in [0, 0.05) is 18.0 Å². The number of alkyl carbamates (subject to hydrolysis) is 1. The van der Waals surface area contributed by atoms with Gasteiger partial charge in [0.15, 0.2) is 12.1 Å². The van der Waals surface area contributed by atoms with Gasteiger partial charge in [0.2, 0.25) is 5.76 Å². The lowest BCUT2D eigenvalue weighted by Gasteiger charge is -2.38. The van der Waals surface area contributed by atoms with Crippen LogP contribution in [0.4, 0.5) is 4.79 Å². The number of hydrogen-bond acceptors (Lipinski definition) is 8. The summed E-state index contributed by atoms with van der Waals surface area (Å²) in [5, 5.41) is 35.4. The molecule has 1 aliphatic heterocycles. The zero-order valence-corrected chi connectivity index (χ0v) is 22.6. The summed E-state index contributed by atoms with van der Waals surface area (Å²) in [4.78, 5) is 28.0. The van der Waals surface area contributed by atoms with E-state index in [4.69, 9.17) is 20.9 Å². The number of amides is 1. The Morgan fingerprint density at radius 3 is 2.19 bits per heavy atom. The second-order valence-corrected chi connectivity index (χ2v) is 10.5. The van der Waals surface area contributed by atoms with Crippen LogP contribution < -0.4 is 22.1 Å². The molecule has 1 aliphatic rings. The molecule has 0 saturated carbocycles. The molecule has 12 nitrogen and oxygen atoms in total. The molecule has 0 aromatic rings. The summed E-state index contributed by atoms with van der Waals surface area (Å²) in [6, 6.07) is -0.787. The number of aliphatic imine (C=N–C) groups is 1. The molecule has 1 rings (SSSR count). The van der Waals surface area contributed by atoms with Crippen molar-refractivity contribution in [2.75, 3.05) is 19.7 Å². The van der Waals surface area contributed by atoms with Gasteiger partial charge in [0.05, 0.1) is 12.6 Å². The highest BCUT2D eigenvalue weighted by molar-refractivity contribution is 5.85. The first-order chi connectivity index (χ1) is 17.4. The summed E-state index contributed by atoms with van der Waals surface area (Å²) < 4.78 is 10.9. The molecule has 5 atom stereocenters. The number of carboxylic acids is 1. The van der Waals surface area contributed by atoms with Gasteiger partial charge in [0.1, 0.15) is 12.2 Å². The van der Waals surface area contributed by atoms with Gasteiger partial charge in [-0.1, -0.05) is 39.0 Å². The van der Waals surface area contributed by atoms with Crippen LogP contribution in [0.1, 0.15) is 72.6 Å². The van der Waals surface area contributed by atoms with E-state index < -0.39 is 54.7 Å². The second kappa shape index (κ2) is 16.3. The number of aliphatic hydroxyl groups is 2. The number of rotatable bonds is 16. The molecule has 37 heavy (non-hydrogen) atoms. The summed E-state index contributed by atoms with van der Waals surface area (Å²) >= 11 is 0. The number of unbranched alkanes of at least 4 members (excludes halogenated alkanes) is 6. The van der Waals surface area contributed by atoms with E-state index in [1.54, 1.807) is 6.92 Å². The van der Waals surface area contributed by atoms with Gasteiger partial charge in [-0.3, -0.25) is 0 Å². The standard InChI is InChI=1S/C25H47N5O7/c1-16-17(30-23(26)27)14-19(22(33)34)36-20(16)21(18(32)15-31)37-24(35)28-12-10-8-6-5-7-9-11-13-29-25(2,3)4/h14,16-18,20-21,29,31-32H,5-13,15H2,1-4H3,(H,28,35)(H,33,34)(H4,26,27,30)/t16-,17+,18-,20?,21-/m1/s1. The molecule has 0 saturated heterocycles. The third-order valence-corrected chi connectivity index (χ3v) is 6.06. The van der Waals surface area contributed by atoms with Crippen molar-refractivity contribution in [1.29, 1.82) is 0 Å². The van der Waals surface area contributed by atoms with Gasteiger partial charge in [-0.2, -0.15) is 0 Å². The number of nitrogens with one attached hydrogen (secondary N) is 2. The molecule has 0 spiro atoms. The van der Waals surface area contributed by atoms with Crippen LogP contribution in [-0.2, 0) is 14.3 Å². The first kappa shape index (κ1) is 32.5. The first-order valence-corrected chi connectivity index (χ1v) is 13.0. The van der Waals surface area contributed by atoms with Crippen molar-refractivity contribution in [2.24, 2.45) is 22.4 Å². The Hall–Kier alpha value is -2.57. The molecule has 0 radical (unpaired) electrons. The van der Waals surface area contributed by atoms with E-state index >= 15 is 0 Å². The molecular formula is C25H47N5O7. The summed E-state index contributed by atoms with van der Waals surface area (Å²) in [5.74, 6) is -2.64. The third kappa shape index (κ3) is 13.0. The maximum absolute atomic E-state index is 12.4. The van der Waals surface area contributed by atoms with E-state index in [1.807, 2.05) is 0 Å². The van der Waals surface area contributed by atoms with Crippen molar-refractivity contribution in [3.05, 3.63) is 11.8 Å². The summed E-state index contributed by atoms with van der Waals surface area (Å²) in [6.07, 6.45) is 3.91. The lowest BCUT2D eigenvalue weighted by molar-refractivity contribution is -0.147. The topological polar surface area (TPSA) is 202 Å². The van der Waals surface area contributed by atoms with Crippen LogP contribution in [0.5, 0.6) is 0 Å². The fourth-order valence-corrected chi connectivity index (χ4v) is 4.03. The number of guanidine groups is 1. The van der Waals surface area contributed by atoms with Crippen LogP contribution in [0.2, 0.25) is 0 Å². The van der Waals surface area contributed by atoms with E-state index in [1.165, 1.54) is 18.9 Å². The Labute approximate surface area is 219 Å². The van der Waals surface area contributed by atoms with E-state index in [9.17, 15) is 24.9 Å². The normalized spacial score (nSPS) is 21.2. The number of carbonyl (C=O) groups is 2. The Morgan fingerprint density at radius 2 is 1.68 bits per heavy atom. The molecule has 9 N–H and O–H groups in total. The van der Waals surface area contributed by atoms with Crippen LogP contribution >= 0.6 is 0 Å². The van der Waals surface area contributed by atoms with Gasteiger partial charge in [-0.25, -0.2) is 14.6 Å². The average molecular weight is 530 g/mol. The van der Waals surface area contributed by atoms with Crippen LogP contribution in [0, 0.1) is 5.92 Å². The molecule has 0 aromatic heterocycles. The van der Waals surface area contributed by atoms with E-state index in [0.717, 1.165) is 38.6 Å². The highest BCUT2D eigenvalue weighted by Gasteiger charge is 2.43. The van der Waals surface area contributed by atoms with Gasteiger partial charge >= 0.3 is 12.1 Å². The Kier molecular flexibility index (Phi) is 14.3. The average Bonchev–Trinajstić information content (AvgIpc) is 2.80. The van der Waals surface area contributed by atoms with Crippen LogP contribution in [-0.4, -0.2) is 82.9 Å². The highest BCUT2D eigenvalue weighted by Crippen LogP contribution is 2.30. The predicted octanol–water partition coefficient (Wildman–Crippen LogP) is 1.20. The molecule has 1 unspecified atom stereocenters. The minimum atomic E-state index is -1.51. The van der Waals surface area contributed by atoms with Gasteiger partial charge < -0.3 is 46.9 Å². The van der Waals surface area contributed by atoms with Crippen LogP contribution in [0.25, 0.3) is 0 Å². The molecule has 0 aliphatic carbocycles. The number of aliphatic hydroxyl groups excluding tert-OH is 2. The van der Waals surface area contributed by atoms with Crippen molar-refractivity contribution < 1.29 is 34.4 Å². The maximum atomic E-state index is 12.4. The molecule has 0 bridgehead atoms. The van der Waals surface area contributed by atoms with Crippen molar-refractivity contribution >= 4 is 18.0 Å². The summed E-state index contributed by atoms with van der Waals surface area (Å²) in [7, 11) is 0. The highest BCUT2D eigenvalue weighted by atomic mass is 16.6. The SMILES string of the molecule is C[C@H]1C([C@H](OC(=O)NCCCCCCCCCNC(C)(C)C)[C@H](O)CO)OC(C(=O)O)=C[C@@H]1N=C(N)N. The minimum absolute atomic E-state index is 0.153. The fourth-order valence-electron chi connectivity index (χ4n) is 4.03. The van der Waals surface area contributed by atoms with Crippen LogP contribution in [0.15, 0.2) is 16.8 Å². The van der Waals surface area contributed by atoms with Crippen molar-refractivity contribution in [2.45, 2.75) is 103 Å².